The molecular formula is C32H44N6O5. The van der Waals surface area contributed by atoms with Crippen molar-refractivity contribution in [1.29, 1.82) is 0 Å². The lowest BCUT2D eigenvalue weighted by atomic mass is 10.0. The third kappa shape index (κ3) is 10.2. The number of hydrogen-bond acceptors (Lipinski definition) is 6. The first kappa shape index (κ1) is 33.3. The van der Waals surface area contributed by atoms with Crippen molar-refractivity contribution in [2.45, 2.75) is 76.5 Å². The van der Waals surface area contributed by atoms with E-state index in [-0.39, 0.29) is 31.6 Å². The second kappa shape index (κ2) is 16.4. The number of aliphatic carboxylic acids is 1. The second-order valence-corrected chi connectivity index (χ2v) is 11.3. The van der Waals surface area contributed by atoms with Crippen molar-refractivity contribution in [1.82, 2.24) is 20.9 Å². The van der Waals surface area contributed by atoms with Gasteiger partial charge in [0.05, 0.1) is 6.04 Å². The van der Waals surface area contributed by atoms with Gasteiger partial charge in [-0.05, 0) is 61.8 Å². The molecule has 11 nitrogen and oxygen atoms in total. The zero-order chi connectivity index (χ0) is 31.4. The number of unbranched alkanes of at least 4 members (excludes halogenated alkanes) is 1. The SMILES string of the molecule is CC(C)CC(NC(=O)C(CCCCN)NC(=O)C(Cc1ccccc1)NC(=O)C(N)Cc1c[nH]c2ccccc12)C(=O)O. The lowest BCUT2D eigenvalue weighted by molar-refractivity contribution is -0.142. The molecular weight excluding hydrogens is 548 g/mol. The van der Waals surface area contributed by atoms with E-state index in [0.29, 0.717) is 19.4 Å². The molecule has 2 aromatic carbocycles. The van der Waals surface area contributed by atoms with Gasteiger partial charge in [0.15, 0.2) is 0 Å². The zero-order valence-electron chi connectivity index (χ0n) is 24.8. The largest absolute Gasteiger partial charge is 0.480 e. The summed E-state index contributed by atoms with van der Waals surface area (Å²) < 4.78 is 0. The number of rotatable bonds is 17. The maximum atomic E-state index is 13.6. The van der Waals surface area contributed by atoms with E-state index in [0.717, 1.165) is 22.0 Å². The number of aromatic nitrogens is 1. The van der Waals surface area contributed by atoms with E-state index in [4.69, 9.17) is 11.5 Å². The summed E-state index contributed by atoms with van der Waals surface area (Å²) in [5.41, 5.74) is 14.6. The normalized spacial score (nSPS) is 14.1. The van der Waals surface area contributed by atoms with Crippen LogP contribution < -0.4 is 27.4 Å². The highest BCUT2D eigenvalue weighted by atomic mass is 16.4. The molecule has 4 unspecified atom stereocenters. The lowest BCUT2D eigenvalue weighted by Crippen LogP contribution is -2.57. The fourth-order valence-corrected chi connectivity index (χ4v) is 4.97. The maximum absolute atomic E-state index is 13.6. The number of nitrogens with two attached hydrogens (primary N) is 2. The lowest BCUT2D eigenvalue weighted by Gasteiger charge is -2.26. The molecule has 0 aliphatic carbocycles. The molecule has 0 radical (unpaired) electrons. The van der Waals surface area contributed by atoms with Gasteiger partial charge in [-0.2, -0.15) is 0 Å². The average molecular weight is 593 g/mol. The summed E-state index contributed by atoms with van der Waals surface area (Å²) in [4.78, 5) is 55.1. The van der Waals surface area contributed by atoms with Gasteiger partial charge in [-0.3, -0.25) is 14.4 Å². The van der Waals surface area contributed by atoms with Crippen LogP contribution in [0.2, 0.25) is 0 Å². The monoisotopic (exact) mass is 592 g/mol. The summed E-state index contributed by atoms with van der Waals surface area (Å²) in [6.07, 6.45) is 3.91. The summed E-state index contributed by atoms with van der Waals surface area (Å²) in [5.74, 6) is -2.79. The minimum atomic E-state index is -1.15. The number of fused-ring (bicyclic) bond motifs is 1. The standard InChI is InChI=1S/C32H44N6O5/c1-20(2)16-28(32(42)43)38-30(40)26(14-8-9-15-33)36-31(41)27(17-21-10-4-3-5-11-21)37-29(39)24(34)18-22-19-35-25-13-7-6-12-23(22)25/h3-7,10-13,19-20,24,26-28,35H,8-9,14-18,33-34H2,1-2H3,(H,36,41)(H,37,39)(H,38,40)(H,42,43). The molecule has 3 amide bonds. The van der Waals surface area contributed by atoms with E-state index >= 15 is 0 Å². The van der Waals surface area contributed by atoms with E-state index in [1.807, 2.05) is 74.6 Å². The van der Waals surface area contributed by atoms with Gasteiger partial charge < -0.3 is 37.5 Å². The van der Waals surface area contributed by atoms with Crippen LogP contribution >= 0.6 is 0 Å². The number of hydrogen-bond donors (Lipinski definition) is 7. The van der Waals surface area contributed by atoms with Crippen LogP contribution in [0, 0.1) is 5.92 Å². The molecule has 0 saturated heterocycles. The molecule has 232 valence electrons. The van der Waals surface area contributed by atoms with Crippen molar-refractivity contribution in [2.24, 2.45) is 17.4 Å². The Bertz CT molecular complexity index is 1360. The molecule has 9 N–H and O–H groups in total. The van der Waals surface area contributed by atoms with Gasteiger partial charge in [-0.25, -0.2) is 4.79 Å². The number of aromatic amines is 1. The molecule has 0 aliphatic rings. The fraction of sp³-hybridized carbons (Fsp3) is 0.438. The number of carboxylic acid groups (broad SMARTS) is 1. The van der Waals surface area contributed by atoms with E-state index in [1.54, 1.807) is 0 Å². The molecule has 0 fully saturated rings. The Morgan fingerprint density at radius 2 is 1.44 bits per heavy atom. The quantitative estimate of drug-likeness (QED) is 0.117. The van der Waals surface area contributed by atoms with Crippen LogP contribution in [0.5, 0.6) is 0 Å². The van der Waals surface area contributed by atoms with Crippen LogP contribution in [0.4, 0.5) is 0 Å². The molecule has 1 aromatic heterocycles. The molecule has 4 atom stereocenters. The highest BCUT2D eigenvalue weighted by Crippen LogP contribution is 2.19. The van der Waals surface area contributed by atoms with Crippen LogP contribution in [0.15, 0.2) is 60.8 Å². The molecule has 3 aromatic rings. The molecule has 0 spiro atoms. The predicted octanol–water partition coefficient (Wildman–Crippen LogP) is 1.99. The minimum Gasteiger partial charge on any atom is -0.480 e. The van der Waals surface area contributed by atoms with Crippen LogP contribution in [0.1, 0.15) is 50.7 Å². The molecule has 43 heavy (non-hydrogen) atoms. The highest BCUT2D eigenvalue weighted by Gasteiger charge is 2.30. The number of para-hydroxylation sites is 1. The van der Waals surface area contributed by atoms with Crippen LogP contribution in [-0.4, -0.2) is 64.5 Å². The number of carbonyl (C=O) groups excluding carboxylic acids is 3. The molecule has 0 saturated carbocycles. The molecule has 0 bridgehead atoms. The first-order valence-corrected chi connectivity index (χ1v) is 14.8. The number of benzene rings is 2. The first-order chi connectivity index (χ1) is 20.6. The van der Waals surface area contributed by atoms with Gasteiger partial charge in [0.2, 0.25) is 17.7 Å². The Labute approximate surface area is 252 Å². The summed E-state index contributed by atoms with van der Waals surface area (Å²) in [6.45, 7) is 4.14. The molecule has 1 heterocycles. The summed E-state index contributed by atoms with van der Waals surface area (Å²) >= 11 is 0. The Kier molecular flexibility index (Phi) is 12.7. The highest BCUT2D eigenvalue weighted by molar-refractivity contribution is 5.94. The number of carboxylic acids is 1. The number of amides is 3. The van der Waals surface area contributed by atoms with Crippen LogP contribution in [-0.2, 0) is 32.0 Å². The zero-order valence-corrected chi connectivity index (χ0v) is 24.8. The third-order valence-electron chi connectivity index (χ3n) is 7.27. The van der Waals surface area contributed by atoms with Gasteiger partial charge in [0.25, 0.3) is 0 Å². The molecule has 11 heteroatoms. The van der Waals surface area contributed by atoms with Gasteiger partial charge in [0.1, 0.15) is 18.1 Å². The number of carbonyl (C=O) groups is 4. The van der Waals surface area contributed by atoms with Gasteiger partial charge in [-0.15, -0.1) is 0 Å². The van der Waals surface area contributed by atoms with Crippen molar-refractivity contribution < 1.29 is 24.3 Å². The number of H-pyrrole nitrogens is 1. The Morgan fingerprint density at radius 3 is 2.12 bits per heavy atom. The van der Waals surface area contributed by atoms with E-state index in [2.05, 4.69) is 20.9 Å². The molecule has 0 aliphatic heterocycles. The van der Waals surface area contributed by atoms with E-state index in [1.165, 1.54) is 0 Å². The fourth-order valence-electron chi connectivity index (χ4n) is 4.97. The van der Waals surface area contributed by atoms with Gasteiger partial charge >= 0.3 is 5.97 Å². The topological polar surface area (TPSA) is 192 Å². The second-order valence-electron chi connectivity index (χ2n) is 11.3. The summed E-state index contributed by atoms with van der Waals surface area (Å²) in [6, 6.07) is 12.8. The average Bonchev–Trinajstić information content (AvgIpc) is 3.38. The Hall–Kier alpha value is -4.22. The molecule has 3 rings (SSSR count). The summed E-state index contributed by atoms with van der Waals surface area (Å²) in [5, 5.41) is 18.7. The maximum Gasteiger partial charge on any atom is 0.326 e. The smallest absolute Gasteiger partial charge is 0.326 e. The van der Waals surface area contributed by atoms with E-state index < -0.39 is 47.9 Å². The van der Waals surface area contributed by atoms with Crippen molar-refractivity contribution in [3.8, 4) is 0 Å². The Balaban J connectivity index is 1.77. The van der Waals surface area contributed by atoms with Crippen LogP contribution in [0.3, 0.4) is 0 Å². The van der Waals surface area contributed by atoms with Crippen molar-refractivity contribution in [3.63, 3.8) is 0 Å². The van der Waals surface area contributed by atoms with Gasteiger partial charge in [0, 0.05) is 23.5 Å². The van der Waals surface area contributed by atoms with E-state index in [9.17, 15) is 24.3 Å². The van der Waals surface area contributed by atoms with Crippen LogP contribution in [0.25, 0.3) is 10.9 Å². The number of nitrogens with one attached hydrogen (secondary N) is 4. The first-order valence-electron chi connectivity index (χ1n) is 14.8. The van der Waals surface area contributed by atoms with Crippen molar-refractivity contribution >= 4 is 34.6 Å². The predicted molar refractivity (Wildman–Crippen MR) is 166 cm³/mol. The Morgan fingerprint density at radius 1 is 0.814 bits per heavy atom. The van der Waals surface area contributed by atoms with Crippen molar-refractivity contribution in [3.05, 3.63) is 71.9 Å². The minimum absolute atomic E-state index is 0.0330. The third-order valence-corrected chi connectivity index (χ3v) is 7.27. The van der Waals surface area contributed by atoms with Gasteiger partial charge in [-0.1, -0.05) is 62.4 Å². The summed E-state index contributed by atoms with van der Waals surface area (Å²) in [7, 11) is 0. The van der Waals surface area contributed by atoms with Crippen molar-refractivity contribution in [2.75, 3.05) is 6.54 Å².